The number of hydrogen-bond donors (Lipinski definition) is 1. The number of amides is 1. The number of nitrogens with zero attached hydrogens (tertiary/aromatic N) is 2. The number of rotatable bonds is 6. The van der Waals surface area contributed by atoms with Gasteiger partial charge in [-0.05, 0) is 63.0 Å². The van der Waals surface area contributed by atoms with Crippen molar-refractivity contribution in [2.24, 2.45) is 0 Å². The molecule has 1 N–H and O–H groups in total. The molecule has 5 nitrogen and oxygen atoms in total. The molecule has 1 aromatic rings. The van der Waals surface area contributed by atoms with E-state index >= 15 is 0 Å². The highest BCUT2D eigenvalue weighted by atomic mass is 16.5. The van der Waals surface area contributed by atoms with E-state index in [4.69, 9.17) is 9.84 Å². The highest BCUT2D eigenvalue weighted by molar-refractivity contribution is 5.94. The van der Waals surface area contributed by atoms with Gasteiger partial charge in [-0.1, -0.05) is 0 Å². The number of carbonyl (C=O) groups is 1. The molecule has 0 spiro atoms. The van der Waals surface area contributed by atoms with Gasteiger partial charge in [-0.25, -0.2) is 0 Å². The summed E-state index contributed by atoms with van der Waals surface area (Å²) in [7, 11) is 0. The second-order valence-electron chi connectivity index (χ2n) is 6.40. The van der Waals surface area contributed by atoms with E-state index in [0.29, 0.717) is 11.8 Å². The first-order valence-corrected chi connectivity index (χ1v) is 8.65. The molecule has 3 rings (SSSR count). The molecule has 23 heavy (non-hydrogen) atoms. The van der Waals surface area contributed by atoms with E-state index in [1.165, 1.54) is 25.9 Å². The first-order chi connectivity index (χ1) is 11.3. The summed E-state index contributed by atoms with van der Waals surface area (Å²) in [6.45, 7) is 4.50. The van der Waals surface area contributed by atoms with E-state index in [0.717, 1.165) is 31.5 Å². The fourth-order valence-electron chi connectivity index (χ4n) is 3.58. The summed E-state index contributed by atoms with van der Waals surface area (Å²) in [6, 6.07) is 7.59. The van der Waals surface area contributed by atoms with E-state index in [1.807, 2.05) is 17.0 Å². The van der Waals surface area contributed by atoms with Crippen molar-refractivity contribution < 1.29 is 14.6 Å². The molecule has 0 saturated carbocycles. The summed E-state index contributed by atoms with van der Waals surface area (Å²) in [5.41, 5.74) is 0.717. The zero-order valence-corrected chi connectivity index (χ0v) is 13.6. The van der Waals surface area contributed by atoms with Crippen molar-refractivity contribution >= 4 is 5.91 Å². The molecule has 126 valence electrons. The van der Waals surface area contributed by atoms with Gasteiger partial charge in [0.05, 0.1) is 6.61 Å². The maximum Gasteiger partial charge on any atom is 0.254 e. The Kier molecular flexibility index (Phi) is 5.51. The largest absolute Gasteiger partial charge is 0.491 e. The maximum atomic E-state index is 12.8. The first kappa shape index (κ1) is 16.3. The molecule has 2 fully saturated rings. The van der Waals surface area contributed by atoms with Gasteiger partial charge in [-0.2, -0.15) is 0 Å². The van der Waals surface area contributed by atoms with Crippen LogP contribution in [0, 0.1) is 0 Å². The maximum absolute atomic E-state index is 12.8. The van der Waals surface area contributed by atoms with Crippen LogP contribution in [0.5, 0.6) is 5.75 Å². The van der Waals surface area contributed by atoms with Crippen LogP contribution >= 0.6 is 0 Å². The van der Waals surface area contributed by atoms with Crippen molar-refractivity contribution in [1.29, 1.82) is 0 Å². The zero-order chi connectivity index (χ0) is 16.1. The SMILES string of the molecule is O=C(c1ccc(OCCO)cc1)N1CCCC1CN1CCCC1. The van der Waals surface area contributed by atoms with E-state index in [9.17, 15) is 4.79 Å². The predicted molar refractivity (Wildman–Crippen MR) is 88.8 cm³/mol. The molecule has 5 heteroatoms. The minimum absolute atomic E-state index is 0.00730. The lowest BCUT2D eigenvalue weighted by Crippen LogP contribution is -2.42. The van der Waals surface area contributed by atoms with Gasteiger partial charge < -0.3 is 19.6 Å². The van der Waals surface area contributed by atoms with Crippen molar-refractivity contribution in [3.63, 3.8) is 0 Å². The van der Waals surface area contributed by atoms with E-state index in [-0.39, 0.29) is 19.1 Å². The Labute approximate surface area is 137 Å². The zero-order valence-electron chi connectivity index (χ0n) is 13.6. The third-order valence-electron chi connectivity index (χ3n) is 4.77. The van der Waals surface area contributed by atoms with E-state index < -0.39 is 0 Å². The lowest BCUT2D eigenvalue weighted by molar-refractivity contribution is 0.0708. The quantitative estimate of drug-likeness (QED) is 0.868. The van der Waals surface area contributed by atoms with Gasteiger partial charge in [-0.15, -0.1) is 0 Å². The van der Waals surface area contributed by atoms with Crippen molar-refractivity contribution in [2.45, 2.75) is 31.7 Å². The van der Waals surface area contributed by atoms with Crippen molar-refractivity contribution in [1.82, 2.24) is 9.80 Å². The van der Waals surface area contributed by atoms with Crippen LogP contribution in [-0.4, -0.2) is 66.2 Å². The van der Waals surface area contributed by atoms with Crippen LogP contribution in [0.1, 0.15) is 36.0 Å². The number of hydrogen-bond acceptors (Lipinski definition) is 4. The Bertz CT molecular complexity index is 512. The number of likely N-dealkylation sites (tertiary alicyclic amines) is 2. The summed E-state index contributed by atoms with van der Waals surface area (Å²) >= 11 is 0. The average molecular weight is 318 g/mol. The molecule has 1 amide bonds. The molecule has 2 heterocycles. The molecule has 2 saturated heterocycles. The Morgan fingerprint density at radius 2 is 1.87 bits per heavy atom. The van der Waals surface area contributed by atoms with Crippen LogP contribution in [0.4, 0.5) is 0 Å². The summed E-state index contributed by atoms with van der Waals surface area (Å²) in [4.78, 5) is 17.3. The molecule has 0 aromatic heterocycles. The van der Waals surface area contributed by atoms with Crippen LogP contribution in [-0.2, 0) is 0 Å². The minimum atomic E-state index is -0.00730. The molecule has 0 bridgehead atoms. The molecule has 0 radical (unpaired) electrons. The van der Waals surface area contributed by atoms with Gasteiger partial charge in [0, 0.05) is 24.7 Å². The Morgan fingerprint density at radius 3 is 2.57 bits per heavy atom. The standard InChI is InChI=1S/C18H26N2O3/c21-12-13-23-17-7-5-15(6-8-17)18(22)20-11-3-4-16(20)14-19-9-1-2-10-19/h5-8,16,21H,1-4,9-14H2. The van der Waals surface area contributed by atoms with Crippen LogP contribution in [0.3, 0.4) is 0 Å². The lowest BCUT2D eigenvalue weighted by atomic mass is 10.1. The Hall–Kier alpha value is -1.59. The van der Waals surface area contributed by atoms with Gasteiger partial charge >= 0.3 is 0 Å². The molecule has 0 aliphatic carbocycles. The monoisotopic (exact) mass is 318 g/mol. The molecule has 2 aliphatic heterocycles. The topological polar surface area (TPSA) is 53.0 Å². The van der Waals surface area contributed by atoms with Gasteiger partial charge in [-0.3, -0.25) is 4.79 Å². The van der Waals surface area contributed by atoms with Crippen LogP contribution in [0.15, 0.2) is 24.3 Å². The van der Waals surface area contributed by atoms with Crippen molar-refractivity contribution in [3.8, 4) is 5.75 Å². The number of aliphatic hydroxyl groups is 1. The Balaban J connectivity index is 1.61. The van der Waals surface area contributed by atoms with Crippen LogP contribution < -0.4 is 4.74 Å². The summed E-state index contributed by atoms with van der Waals surface area (Å²) in [5, 5.41) is 8.77. The molecule has 1 unspecified atom stereocenters. The third-order valence-corrected chi connectivity index (χ3v) is 4.77. The Morgan fingerprint density at radius 1 is 1.13 bits per heavy atom. The molecule has 1 aromatic carbocycles. The third kappa shape index (κ3) is 4.03. The molecular weight excluding hydrogens is 292 g/mol. The van der Waals surface area contributed by atoms with E-state index in [1.54, 1.807) is 12.1 Å². The second-order valence-corrected chi connectivity index (χ2v) is 6.40. The summed E-state index contributed by atoms with van der Waals surface area (Å²) < 4.78 is 5.34. The number of benzene rings is 1. The first-order valence-electron chi connectivity index (χ1n) is 8.65. The molecule has 2 aliphatic rings. The number of aliphatic hydroxyl groups excluding tert-OH is 1. The van der Waals surface area contributed by atoms with Crippen molar-refractivity contribution in [2.75, 3.05) is 39.4 Å². The van der Waals surface area contributed by atoms with E-state index in [2.05, 4.69) is 4.90 Å². The fourth-order valence-corrected chi connectivity index (χ4v) is 3.58. The lowest BCUT2D eigenvalue weighted by Gasteiger charge is -2.28. The fraction of sp³-hybridized carbons (Fsp3) is 0.611. The minimum Gasteiger partial charge on any atom is -0.491 e. The highest BCUT2D eigenvalue weighted by Gasteiger charge is 2.31. The smallest absolute Gasteiger partial charge is 0.254 e. The molecule has 1 atom stereocenters. The van der Waals surface area contributed by atoms with Crippen LogP contribution in [0.2, 0.25) is 0 Å². The van der Waals surface area contributed by atoms with Crippen molar-refractivity contribution in [3.05, 3.63) is 29.8 Å². The van der Waals surface area contributed by atoms with Gasteiger partial charge in [0.2, 0.25) is 0 Å². The predicted octanol–water partition coefficient (Wildman–Crippen LogP) is 1.76. The van der Waals surface area contributed by atoms with Gasteiger partial charge in [0.1, 0.15) is 12.4 Å². The summed E-state index contributed by atoms with van der Waals surface area (Å²) in [6.07, 6.45) is 4.79. The second kappa shape index (κ2) is 7.79. The summed E-state index contributed by atoms with van der Waals surface area (Å²) in [5.74, 6) is 0.811. The van der Waals surface area contributed by atoms with Crippen LogP contribution in [0.25, 0.3) is 0 Å². The normalized spacial score (nSPS) is 21.8. The molecular formula is C18H26N2O3. The average Bonchev–Trinajstić information content (AvgIpc) is 3.25. The van der Waals surface area contributed by atoms with Gasteiger partial charge in [0.15, 0.2) is 0 Å². The highest BCUT2D eigenvalue weighted by Crippen LogP contribution is 2.23. The van der Waals surface area contributed by atoms with Gasteiger partial charge in [0.25, 0.3) is 5.91 Å². The number of ether oxygens (including phenoxy) is 1. The number of carbonyl (C=O) groups excluding carboxylic acids is 1.